The van der Waals surface area contributed by atoms with Crippen LogP contribution in [0, 0.1) is 0 Å². The van der Waals surface area contributed by atoms with Crippen molar-refractivity contribution >= 4 is 86.4 Å². The van der Waals surface area contributed by atoms with E-state index in [2.05, 4.69) is 193 Å². The summed E-state index contributed by atoms with van der Waals surface area (Å²) in [7, 11) is 0. The number of rotatable bonds is 4. The van der Waals surface area contributed by atoms with Crippen LogP contribution < -0.4 is 0 Å². The smallest absolute Gasteiger partial charge is 0.164 e. The van der Waals surface area contributed by atoms with Gasteiger partial charge in [-0.25, -0.2) is 15.0 Å². The number of hydrogen-bond acceptors (Lipinski definition) is 3. The summed E-state index contributed by atoms with van der Waals surface area (Å²) in [6.45, 7) is 0. The lowest BCUT2D eigenvalue weighted by Gasteiger charge is -2.18. The zero-order chi connectivity index (χ0) is 40.0. The van der Waals surface area contributed by atoms with Crippen molar-refractivity contribution in [3.63, 3.8) is 0 Å². The highest BCUT2D eigenvalue weighted by Crippen LogP contribution is 2.45. The zero-order valence-corrected chi connectivity index (χ0v) is 32.9. The number of benzene rings is 11. The first kappa shape index (κ1) is 33.7. The molecule has 0 fully saturated rings. The summed E-state index contributed by atoms with van der Waals surface area (Å²) in [4.78, 5) is 16.1. The molecule has 0 amide bonds. The fourth-order valence-electron chi connectivity index (χ4n) is 9.90. The lowest BCUT2D eigenvalue weighted by Crippen LogP contribution is -2.02. The van der Waals surface area contributed by atoms with Crippen molar-refractivity contribution in [2.24, 2.45) is 0 Å². The molecule has 0 N–H and O–H groups in total. The highest BCUT2D eigenvalue weighted by Gasteiger charge is 2.23. The molecule has 0 aliphatic rings. The molecule has 0 bridgehead atoms. The number of hydrogen-bond donors (Lipinski definition) is 0. The molecule has 11 aromatic carbocycles. The average Bonchev–Trinajstić information content (AvgIpc) is 3.69. The van der Waals surface area contributed by atoms with Crippen LogP contribution in [0.2, 0.25) is 0 Å². The Labute approximate surface area is 350 Å². The molecule has 0 spiro atoms. The summed E-state index contributed by atoms with van der Waals surface area (Å²) >= 11 is 0. The summed E-state index contributed by atoms with van der Waals surface area (Å²) in [5, 5.41) is 16.7. The number of nitrogens with zero attached hydrogens (tertiary/aromatic N) is 4. The van der Waals surface area contributed by atoms with E-state index in [-0.39, 0.29) is 0 Å². The second-order valence-corrected chi connectivity index (χ2v) is 15.9. The van der Waals surface area contributed by atoms with Crippen molar-refractivity contribution in [1.82, 2.24) is 19.5 Å². The quantitative estimate of drug-likeness (QED) is 0.167. The predicted molar refractivity (Wildman–Crippen MR) is 256 cm³/mol. The highest BCUT2D eigenvalue weighted by atomic mass is 15.0. The minimum atomic E-state index is 0.626. The molecule has 2 heterocycles. The van der Waals surface area contributed by atoms with Gasteiger partial charge in [0.1, 0.15) is 0 Å². The molecule has 0 aliphatic carbocycles. The van der Waals surface area contributed by atoms with E-state index in [1.807, 2.05) is 18.2 Å². The summed E-state index contributed by atoms with van der Waals surface area (Å²) in [5.41, 5.74) is 6.20. The van der Waals surface area contributed by atoms with E-state index in [1.165, 1.54) is 48.5 Å². The van der Waals surface area contributed by atoms with Crippen LogP contribution in [0.1, 0.15) is 0 Å². The molecule has 2 aromatic heterocycles. The molecular weight excluding hydrogens is 741 g/mol. The molecule has 0 saturated heterocycles. The number of aromatic nitrogens is 4. The Balaban J connectivity index is 1.22. The third-order valence-electron chi connectivity index (χ3n) is 12.6. The molecule has 4 nitrogen and oxygen atoms in total. The van der Waals surface area contributed by atoms with Gasteiger partial charge in [0.25, 0.3) is 0 Å². The standard InChI is InChI=1S/C57H34N4/c1-2-18-38(19-3-1)55-58-56(47-28-14-20-35-15-4-7-21-40(35)47)60-57(59-55)49-34-39(33-48-45-26-11-10-24-43(45)44-25-12-13-27-46(44)52(48)49)61-50-31-29-36-16-5-8-22-41(36)53(50)54-42-23-9-6-17-37(42)30-32-51(54)61/h1-34H. The number of fused-ring (bicyclic) bond motifs is 14. The van der Waals surface area contributed by atoms with E-state index in [0.29, 0.717) is 17.5 Å². The second kappa shape index (κ2) is 13.2. The first-order valence-corrected chi connectivity index (χ1v) is 20.8. The van der Waals surface area contributed by atoms with Gasteiger partial charge in [0.05, 0.1) is 11.0 Å². The van der Waals surface area contributed by atoms with Crippen LogP contribution >= 0.6 is 0 Å². The van der Waals surface area contributed by atoms with Crippen molar-refractivity contribution < 1.29 is 0 Å². The first-order chi connectivity index (χ1) is 30.3. The lowest BCUT2D eigenvalue weighted by molar-refractivity contribution is 1.08. The molecule has 0 radical (unpaired) electrons. The molecular formula is C57H34N4. The van der Waals surface area contributed by atoms with Crippen molar-refractivity contribution in [2.45, 2.75) is 0 Å². The fraction of sp³-hybridized carbons (Fsp3) is 0. The van der Waals surface area contributed by atoms with Crippen LogP contribution in [0.4, 0.5) is 0 Å². The maximum atomic E-state index is 5.48. The Morgan fingerprint density at radius 2 is 0.738 bits per heavy atom. The molecule has 13 rings (SSSR count). The minimum absolute atomic E-state index is 0.626. The van der Waals surface area contributed by atoms with Crippen molar-refractivity contribution in [1.29, 1.82) is 0 Å². The molecule has 0 saturated carbocycles. The van der Waals surface area contributed by atoms with Gasteiger partial charge in [-0.3, -0.25) is 0 Å². The Bertz CT molecular complexity index is 3840. The van der Waals surface area contributed by atoms with Crippen LogP contribution in [0.25, 0.3) is 126 Å². The van der Waals surface area contributed by atoms with Crippen LogP contribution in [0.5, 0.6) is 0 Å². The second-order valence-electron chi connectivity index (χ2n) is 15.9. The Kier molecular flexibility index (Phi) is 7.27. The average molecular weight is 775 g/mol. The molecule has 4 heteroatoms. The molecule has 13 aromatic rings. The summed E-state index contributed by atoms with van der Waals surface area (Å²) < 4.78 is 2.46. The Hall–Kier alpha value is -8.21. The molecule has 282 valence electrons. The Morgan fingerprint density at radius 1 is 0.279 bits per heavy atom. The van der Waals surface area contributed by atoms with E-state index in [1.54, 1.807) is 0 Å². The van der Waals surface area contributed by atoms with Gasteiger partial charge in [-0.2, -0.15) is 0 Å². The van der Waals surface area contributed by atoms with Crippen molar-refractivity contribution in [2.75, 3.05) is 0 Å². The van der Waals surface area contributed by atoms with Gasteiger partial charge in [-0.1, -0.05) is 182 Å². The van der Waals surface area contributed by atoms with Crippen LogP contribution in [0.3, 0.4) is 0 Å². The third-order valence-corrected chi connectivity index (χ3v) is 12.6. The normalized spacial score (nSPS) is 11.9. The molecule has 0 atom stereocenters. The van der Waals surface area contributed by atoms with E-state index in [9.17, 15) is 0 Å². The molecule has 61 heavy (non-hydrogen) atoms. The van der Waals surface area contributed by atoms with Gasteiger partial charge in [0.15, 0.2) is 17.5 Å². The SMILES string of the molecule is c1ccc(-c2nc(-c3cccc4ccccc34)nc(-c3cc(-n4c5ccc6ccccc6c5c5c6ccccc6ccc54)cc4c5ccccc5c5ccccc5c34)n2)cc1. The summed E-state index contributed by atoms with van der Waals surface area (Å²) in [6.07, 6.45) is 0. The zero-order valence-electron chi connectivity index (χ0n) is 32.9. The highest BCUT2D eigenvalue weighted by molar-refractivity contribution is 6.30. The maximum Gasteiger partial charge on any atom is 0.164 e. The van der Waals surface area contributed by atoms with Gasteiger partial charge in [-0.05, 0) is 83.5 Å². The summed E-state index contributed by atoms with van der Waals surface area (Å²) in [6, 6.07) is 74.0. The Morgan fingerprint density at radius 3 is 1.38 bits per heavy atom. The predicted octanol–water partition coefficient (Wildman–Crippen LogP) is 14.9. The summed E-state index contributed by atoms with van der Waals surface area (Å²) in [5.74, 6) is 1.90. The third kappa shape index (κ3) is 5.09. The largest absolute Gasteiger partial charge is 0.309 e. The minimum Gasteiger partial charge on any atom is -0.309 e. The van der Waals surface area contributed by atoms with Crippen LogP contribution in [-0.2, 0) is 0 Å². The van der Waals surface area contributed by atoms with Gasteiger partial charge in [0, 0.05) is 38.5 Å². The topological polar surface area (TPSA) is 43.6 Å². The van der Waals surface area contributed by atoms with Gasteiger partial charge < -0.3 is 4.57 Å². The van der Waals surface area contributed by atoms with Crippen molar-refractivity contribution in [3.8, 4) is 39.9 Å². The van der Waals surface area contributed by atoms with Gasteiger partial charge in [-0.15, -0.1) is 0 Å². The monoisotopic (exact) mass is 774 g/mol. The maximum absolute atomic E-state index is 5.48. The van der Waals surface area contributed by atoms with Crippen LogP contribution in [-0.4, -0.2) is 19.5 Å². The van der Waals surface area contributed by atoms with Crippen LogP contribution in [0.15, 0.2) is 206 Å². The van der Waals surface area contributed by atoms with E-state index < -0.39 is 0 Å². The molecule has 0 unspecified atom stereocenters. The van der Waals surface area contributed by atoms with E-state index >= 15 is 0 Å². The van der Waals surface area contributed by atoms with E-state index in [0.717, 1.165) is 60.3 Å². The first-order valence-electron chi connectivity index (χ1n) is 20.8. The van der Waals surface area contributed by atoms with Gasteiger partial charge >= 0.3 is 0 Å². The van der Waals surface area contributed by atoms with Gasteiger partial charge in [0.2, 0.25) is 0 Å². The fourth-order valence-corrected chi connectivity index (χ4v) is 9.90. The van der Waals surface area contributed by atoms with E-state index in [4.69, 9.17) is 15.0 Å². The van der Waals surface area contributed by atoms with Crippen molar-refractivity contribution in [3.05, 3.63) is 206 Å². The molecule has 0 aliphatic heterocycles. The lowest BCUT2D eigenvalue weighted by atomic mass is 9.91.